The molecule has 1 heterocycles. The molecule has 0 aromatic rings. The molecule has 136 valence electrons. The van der Waals surface area contributed by atoms with Crippen LogP contribution in [-0.2, 0) is 9.47 Å². The van der Waals surface area contributed by atoms with Crippen LogP contribution in [0.15, 0.2) is 4.99 Å². The Bertz CT molecular complexity index is 388. The summed E-state index contributed by atoms with van der Waals surface area (Å²) < 4.78 is 11.5. The predicted molar refractivity (Wildman–Crippen MR) is 106 cm³/mol. The molecule has 0 radical (unpaired) electrons. The van der Waals surface area contributed by atoms with Crippen molar-refractivity contribution in [3.05, 3.63) is 0 Å². The Morgan fingerprint density at radius 2 is 2.09 bits per heavy atom. The summed E-state index contributed by atoms with van der Waals surface area (Å²) in [5.41, 5.74) is 0.173. The highest BCUT2D eigenvalue weighted by Crippen LogP contribution is 2.51. The van der Waals surface area contributed by atoms with Gasteiger partial charge in [0.2, 0.25) is 0 Å². The summed E-state index contributed by atoms with van der Waals surface area (Å²) in [5.74, 6) is 2.19. The maximum absolute atomic E-state index is 5.84. The number of rotatable bonds is 7. The van der Waals surface area contributed by atoms with Crippen molar-refractivity contribution < 1.29 is 9.47 Å². The van der Waals surface area contributed by atoms with Gasteiger partial charge < -0.3 is 20.1 Å². The largest absolute Gasteiger partial charge is 0.380 e. The first-order valence-corrected chi connectivity index (χ1v) is 8.63. The summed E-state index contributed by atoms with van der Waals surface area (Å²) in [7, 11) is 1.82. The van der Waals surface area contributed by atoms with Crippen molar-refractivity contribution in [3.63, 3.8) is 0 Å². The Labute approximate surface area is 158 Å². The van der Waals surface area contributed by atoms with E-state index in [2.05, 4.69) is 43.3 Å². The molecule has 1 aliphatic carbocycles. The Morgan fingerprint density at radius 3 is 2.74 bits per heavy atom. The van der Waals surface area contributed by atoms with Crippen LogP contribution in [0.1, 0.15) is 40.5 Å². The number of hydrogen-bond acceptors (Lipinski definition) is 3. The van der Waals surface area contributed by atoms with Gasteiger partial charge >= 0.3 is 0 Å². The molecule has 3 unspecified atom stereocenters. The smallest absolute Gasteiger partial charge is 0.191 e. The lowest BCUT2D eigenvalue weighted by molar-refractivity contribution is -0.106. The van der Waals surface area contributed by atoms with Gasteiger partial charge in [0, 0.05) is 44.2 Å². The zero-order valence-electron chi connectivity index (χ0n) is 15.2. The van der Waals surface area contributed by atoms with Crippen LogP contribution in [0, 0.1) is 17.3 Å². The van der Waals surface area contributed by atoms with Crippen molar-refractivity contribution in [2.45, 2.75) is 52.7 Å². The third-order valence-corrected chi connectivity index (χ3v) is 4.99. The molecule has 0 bridgehead atoms. The van der Waals surface area contributed by atoms with E-state index in [0.29, 0.717) is 24.0 Å². The molecule has 0 aromatic carbocycles. The molecule has 6 heteroatoms. The average Bonchev–Trinajstić information content (AvgIpc) is 2.92. The van der Waals surface area contributed by atoms with Crippen LogP contribution in [0.2, 0.25) is 0 Å². The second kappa shape index (κ2) is 9.42. The van der Waals surface area contributed by atoms with E-state index in [9.17, 15) is 0 Å². The topological polar surface area (TPSA) is 54.9 Å². The van der Waals surface area contributed by atoms with Crippen molar-refractivity contribution in [1.29, 1.82) is 0 Å². The maximum Gasteiger partial charge on any atom is 0.191 e. The molecule has 0 aromatic heterocycles. The minimum Gasteiger partial charge on any atom is -0.380 e. The molecule has 23 heavy (non-hydrogen) atoms. The van der Waals surface area contributed by atoms with Gasteiger partial charge in [0.1, 0.15) is 0 Å². The van der Waals surface area contributed by atoms with E-state index in [4.69, 9.17) is 9.47 Å². The fourth-order valence-electron chi connectivity index (χ4n) is 3.62. The van der Waals surface area contributed by atoms with Gasteiger partial charge in [0.05, 0.1) is 12.7 Å². The number of halogens is 1. The molecule has 2 N–H and O–H groups in total. The fourth-order valence-corrected chi connectivity index (χ4v) is 3.62. The molecule has 1 aliphatic heterocycles. The fraction of sp³-hybridized carbons (Fsp3) is 0.941. The summed E-state index contributed by atoms with van der Waals surface area (Å²) in [6, 6.07) is 0.438. The lowest BCUT2D eigenvalue weighted by Crippen LogP contribution is -2.68. The number of fused-ring (bicyclic) bond motifs is 1. The first-order chi connectivity index (χ1) is 10.5. The minimum absolute atomic E-state index is 0. The second-order valence-electron chi connectivity index (χ2n) is 7.48. The van der Waals surface area contributed by atoms with E-state index in [-0.39, 0.29) is 29.4 Å². The first kappa shape index (κ1) is 21.0. The molecule has 2 rings (SSSR count). The van der Waals surface area contributed by atoms with E-state index in [0.717, 1.165) is 45.2 Å². The van der Waals surface area contributed by atoms with Crippen LogP contribution in [0.4, 0.5) is 0 Å². The summed E-state index contributed by atoms with van der Waals surface area (Å²) in [6.45, 7) is 12.2. The second-order valence-corrected chi connectivity index (χ2v) is 7.48. The van der Waals surface area contributed by atoms with E-state index >= 15 is 0 Å². The van der Waals surface area contributed by atoms with E-state index in [1.165, 1.54) is 0 Å². The van der Waals surface area contributed by atoms with Crippen molar-refractivity contribution >= 4 is 29.9 Å². The lowest BCUT2D eigenvalue weighted by Gasteiger charge is -2.54. The van der Waals surface area contributed by atoms with Gasteiger partial charge in [0.25, 0.3) is 0 Å². The van der Waals surface area contributed by atoms with Crippen LogP contribution in [0.25, 0.3) is 0 Å². The third-order valence-electron chi connectivity index (χ3n) is 4.99. The molecule has 3 atom stereocenters. The average molecular weight is 439 g/mol. The standard InChI is InChI=1S/C17H33N3O2.HI/c1-12(2)6-9-21-11-8-19-16(18-5)20-14-13-7-10-22-15(13)17(14,3)4;/h12-15H,6-11H2,1-5H3,(H2,18,19,20);1H. The van der Waals surface area contributed by atoms with E-state index in [1.807, 2.05) is 7.05 Å². The molecule has 1 saturated carbocycles. The van der Waals surface area contributed by atoms with Crippen molar-refractivity contribution in [2.75, 3.05) is 33.4 Å². The normalized spacial score (nSPS) is 28.8. The van der Waals surface area contributed by atoms with Crippen LogP contribution in [0.5, 0.6) is 0 Å². The summed E-state index contributed by atoms with van der Waals surface area (Å²) in [4.78, 5) is 4.33. The Hall–Kier alpha value is -0.0800. The van der Waals surface area contributed by atoms with Gasteiger partial charge in [-0.2, -0.15) is 0 Å². The molecular weight excluding hydrogens is 405 g/mol. The van der Waals surface area contributed by atoms with Gasteiger partial charge in [-0.1, -0.05) is 27.7 Å². The molecule has 1 saturated heterocycles. The van der Waals surface area contributed by atoms with Crippen LogP contribution < -0.4 is 10.6 Å². The molecule has 0 amide bonds. The SMILES string of the molecule is CN=C(NCCOCCC(C)C)NC1C2CCOC2C1(C)C.I. The molecule has 2 fully saturated rings. The van der Waals surface area contributed by atoms with Gasteiger partial charge in [-0.25, -0.2) is 0 Å². The number of nitrogens with zero attached hydrogens (tertiary/aromatic N) is 1. The van der Waals surface area contributed by atoms with Crippen LogP contribution >= 0.6 is 24.0 Å². The number of aliphatic imine (C=N–C) groups is 1. The minimum atomic E-state index is 0. The Kier molecular flexibility index (Phi) is 8.58. The monoisotopic (exact) mass is 439 g/mol. The van der Waals surface area contributed by atoms with Gasteiger partial charge in [-0.05, 0) is 18.8 Å². The molecule has 0 spiro atoms. The highest BCUT2D eigenvalue weighted by molar-refractivity contribution is 14.0. The van der Waals surface area contributed by atoms with Gasteiger partial charge in [-0.3, -0.25) is 4.99 Å². The predicted octanol–water partition coefficient (Wildman–Crippen LogP) is 2.65. The van der Waals surface area contributed by atoms with Crippen molar-refractivity contribution in [2.24, 2.45) is 22.2 Å². The highest BCUT2D eigenvalue weighted by Gasteiger charge is 2.59. The molecular formula is C17H34IN3O2. The lowest BCUT2D eigenvalue weighted by atomic mass is 9.57. The molecule has 2 aliphatic rings. The third kappa shape index (κ3) is 5.19. The van der Waals surface area contributed by atoms with Gasteiger partial charge in [0.15, 0.2) is 5.96 Å². The van der Waals surface area contributed by atoms with Crippen molar-refractivity contribution in [3.8, 4) is 0 Å². The summed E-state index contributed by atoms with van der Waals surface area (Å²) in [5, 5.41) is 6.92. The Morgan fingerprint density at radius 1 is 1.35 bits per heavy atom. The van der Waals surface area contributed by atoms with Crippen LogP contribution in [0.3, 0.4) is 0 Å². The van der Waals surface area contributed by atoms with E-state index < -0.39 is 0 Å². The van der Waals surface area contributed by atoms with E-state index in [1.54, 1.807) is 0 Å². The zero-order valence-corrected chi connectivity index (χ0v) is 17.6. The first-order valence-electron chi connectivity index (χ1n) is 8.63. The number of nitrogens with one attached hydrogen (secondary N) is 2. The van der Waals surface area contributed by atoms with Crippen molar-refractivity contribution in [1.82, 2.24) is 10.6 Å². The quantitative estimate of drug-likeness (QED) is 0.277. The summed E-state index contributed by atoms with van der Waals surface area (Å²) >= 11 is 0. The molecule has 5 nitrogen and oxygen atoms in total. The number of ether oxygens (including phenoxy) is 2. The zero-order chi connectivity index (χ0) is 16.2. The number of hydrogen-bond donors (Lipinski definition) is 2. The maximum atomic E-state index is 5.84. The highest BCUT2D eigenvalue weighted by atomic mass is 127. The number of guanidine groups is 1. The van der Waals surface area contributed by atoms with Crippen LogP contribution in [-0.4, -0.2) is 51.5 Å². The van der Waals surface area contributed by atoms with Gasteiger partial charge in [-0.15, -0.1) is 24.0 Å². The summed E-state index contributed by atoms with van der Waals surface area (Å²) in [6.07, 6.45) is 2.68. The Balaban J connectivity index is 0.00000264.